The van der Waals surface area contributed by atoms with Crippen molar-refractivity contribution in [1.29, 1.82) is 0 Å². The van der Waals surface area contributed by atoms with Gasteiger partial charge in [0, 0.05) is 24.2 Å². The lowest BCUT2D eigenvalue weighted by Crippen LogP contribution is -2.14. The van der Waals surface area contributed by atoms with E-state index in [1.807, 2.05) is 30.3 Å². The van der Waals surface area contributed by atoms with Gasteiger partial charge in [-0.1, -0.05) is 30.3 Å². The first-order valence-electron chi connectivity index (χ1n) is 7.40. The third-order valence-corrected chi connectivity index (χ3v) is 3.63. The number of hydrogen-bond acceptors (Lipinski definition) is 5. The smallest absolute Gasteiger partial charge is 0.246 e. The number of nitrogens with one attached hydrogen (secondary N) is 1. The van der Waals surface area contributed by atoms with Gasteiger partial charge in [0.1, 0.15) is 6.26 Å². The van der Waals surface area contributed by atoms with Gasteiger partial charge in [-0.05, 0) is 17.7 Å². The van der Waals surface area contributed by atoms with Gasteiger partial charge in [0.25, 0.3) is 0 Å². The zero-order chi connectivity index (χ0) is 15.5. The molecule has 0 amide bonds. The molecular formula is C18H15N3O2. The van der Waals surface area contributed by atoms with Gasteiger partial charge < -0.3 is 14.8 Å². The largest absolute Gasteiger partial charge is 0.457 e. The highest BCUT2D eigenvalue weighted by Gasteiger charge is 2.20. The molecule has 0 spiro atoms. The highest BCUT2D eigenvalue weighted by molar-refractivity contribution is 5.90. The molecule has 0 fully saturated rings. The van der Waals surface area contributed by atoms with Crippen LogP contribution in [0.3, 0.4) is 0 Å². The second-order valence-electron chi connectivity index (χ2n) is 5.23. The molecule has 3 heterocycles. The number of rotatable bonds is 4. The van der Waals surface area contributed by atoms with E-state index in [2.05, 4.69) is 27.4 Å². The van der Waals surface area contributed by atoms with E-state index in [1.54, 1.807) is 24.9 Å². The summed E-state index contributed by atoms with van der Waals surface area (Å²) >= 11 is 0. The van der Waals surface area contributed by atoms with E-state index in [0.717, 1.165) is 16.6 Å². The number of ether oxygens (including phenoxy) is 2. The minimum absolute atomic E-state index is 0.310. The van der Waals surface area contributed by atoms with Crippen LogP contribution in [0.1, 0.15) is 5.56 Å². The molecule has 0 bridgehead atoms. The molecule has 3 aromatic rings. The molecule has 4 rings (SSSR count). The van der Waals surface area contributed by atoms with Crippen molar-refractivity contribution in [2.45, 2.75) is 12.7 Å². The third kappa shape index (κ3) is 2.94. The SMILES string of the molecule is C1=C(Nc2ccnc3cnccc23)OC(Cc2ccccc2)O1. The topological polar surface area (TPSA) is 56.3 Å². The monoisotopic (exact) mass is 305 g/mol. The van der Waals surface area contributed by atoms with Gasteiger partial charge in [-0.3, -0.25) is 9.97 Å². The number of aromatic nitrogens is 2. The maximum Gasteiger partial charge on any atom is 0.246 e. The van der Waals surface area contributed by atoms with Crippen LogP contribution in [-0.2, 0) is 15.9 Å². The quantitative estimate of drug-likeness (QED) is 0.800. The van der Waals surface area contributed by atoms with Crippen molar-refractivity contribution in [3.8, 4) is 0 Å². The fraction of sp³-hybridized carbons (Fsp3) is 0.111. The molecule has 114 valence electrons. The lowest BCUT2D eigenvalue weighted by atomic mass is 10.1. The van der Waals surface area contributed by atoms with Crippen molar-refractivity contribution in [3.63, 3.8) is 0 Å². The van der Waals surface area contributed by atoms with Gasteiger partial charge in [-0.25, -0.2) is 0 Å². The van der Waals surface area contributed by atoms with E-state index < -0.39 is 0 Å². The summed E-state index contributed by atoms with van der Waals surface area (Å²) in [4.78, 5) is 8.38. The van der Waals surface area contributed by atoms with Crippen LogP contribution in [0.15, 0.2) is 73.2 Å². The first-order chi connectivity index (χ1) is 11.4. The second kappa shape index (κ2) is 5.96. The van der Waals surface area contributed by atoms with Crippen molar-refractivity contribution in [1.82, 2.24) is 9.97 Å². The van der Waals surface area contributed by atoms with Crippen LogP contribution in [0.5, 0.6) is 0 Å². The van der Waals surface area contributed by atoms with Crippen LogP contribution in [0.25, 0.3) is 10.9 Å². The van der Waals surface area contributed by atoms with Crippen molar-refractivity contribution in [2.75, 3.05) is 5.32 Å². The van der Waals surface area contributed by atoms with E-state index >= 15 is 0 Å². The van der Waals surface area contributed by atoms with E-state index in [1.165, 1.54) is 5.56 Å². The Labute approximate surface area is 133 Å². The highest BCUT2D eigenvalue weighted by Crippen LogP contribution is 2.25. The lowest BCUT2D eigenvalue weighted by molar-refractivity contribution is -0.0285. The summed E-state index contributed by atoms with van der Waals surface area (Å²) < 4.78 is 11.4. The van der Waals surface area contributed by atoms with Crippen LogP contribution in [0.4, 0.5) is 5.69 Å². The Hall–Kier alpha value is -3.08. The first-order valence-corrected chi connectivity index (χ1v) is 7.40. The number of nitrogens with zero attached hydrogens (tertiary/aromatic N) is 2. The summed E-state index contributed by atoms with van der Waals surface area (Å²) in [6.07, 6.45) is 7.22. The third-order valence-electron chi connectivity index (χ3n) is 3.63. The number of hydrogen-bond donors (Lipinski definition) is 1. The van der Waals surface area contributed by atoms with Crippen LogP contribution in [0.2, 0.25) is 0 Å². The molecule has 0 aliphatic carbocycles. The fourth-order valence-electron chi connectivity index (χ4n) is 2.53. The highest BCUT2D eigenvalue weighted by atomic mass is 16.7. The average molecular weight is 305 g/mol. The van der Waals surface area contributed by atoms with Crippen LogP contribution in [-0.4, -0.2) is 16.3 Å². The van der Waals surface area contributed by atoms with Gasteiger partial charge in [-0.15, -0.1) is 0 Å². The van der Waals surface area contributed by atoms with Gasteiger partial charge in [0.05, 0.1) is 17.4 Å². The van der Waals surface area contributed by atoms with Gasteiger partial charge in [0.2, 0.25) is 12.2 Å². The summed E-state index contributed by atoms with van der Waals surface area (Å²) in [5.74, 6) is 0.593. The molecule has 1 aromatic carbocycles. The summed E-state index contributed by atoms with van der Waals surface area (Å²) in [5, 5.41) is 4.23. The minimum atomic E-state index is -0.310. The van der Waals surface area contributed by atoms with Crippen LogP contribution in [0, 0.1) is 0 Å². The maximum atomic E-state index is 5.81. The van der Waals surface area contributed by atoms with E-state index in [9.17, 15) is 0 Å². The molecule has 0 radical (unpaired) electrons. The van der Waals surface area contributed by atoms with Gasteiger partial charge >= 0.3 is 0 Å². The predicted octanol–water partition coefficient (Wildman–Crippen LogP) is 3.46. The molecule has 23 heavy (non-hydrogen) atoms. The Bertz CT molecular complexity index is 844. The zero-order valence-electron chi connectivity index (χ0n) is 12.3. The standard InChI is InChI=1S/C18H15N3O2/c1-2-4-13(5-3-1)10-18-22-12-17(23-18)21-15-7-9-20-16-11-19-8-6-14(15)16/h1-9,11-12,18H,10H2,(H,20,21). The molecular weight excluding hydrogens is 290 g/mol. The molecule has 1 aliphatic rings. The average Bonchev–Trinajstić information content (AvgIpc) is 3.03. The Balaban J connectivity index is 1.46. The molecule has 1 N–H and O–H groups in total. The van der Waals surface area contributed by atoms with Crippen molar-refractivity contribution >= 4 is 16.6 Å². The first kappa shape index (κ1) is 13.6. The van der Waals surface area contributed by atoms with Crippen LogP contribution < -0.4 is 5.32 Å². The van der Waals surface area contributed by atoms with Gasteiger partial charge in [-0.2, -0.15) is 0 Å². The predicted molar refractivity (Wildman–Crippen MR) is 87.3 cm³/mol. The van der Waals surface area contributed by atoms with E-state index in [0.29, 0.717) is 12.3 Å². The van der Waals surface area contributed by atoms with Gasteiger partial charge in [0.15, 0.2) is 0 Å². The summed E-state index contributed by atoms with van der Waals surface area (Å²) in [7, 11) is 0. The number of pyridine rings is 2. The molecule has 5 heteroatoms. The molecule has 0 saturated heterocycles. The summed E-state index contributed by atoms with van der Waals surface area (Å²) in [6, 6.07) is 13.9. The molecule has 1 atom stereocenters. The minimum Gasteiger partial charge on any atom is -0.457 e. The van der Waals surface area contributed by atoms with E-state index in [-0.39, 0.29) is 6.29 Å². The van der Waals surface area contributed by atoms with E-state index in [4.69, 9.17) is 9.47 Å². The molecule has 0 saturated carbocycles. The maximum absolute atomic E-state index is 5.81. The molecule has 2 aromatic heterocycles. The Kier molecular flexibility index (Phi) is 3.52. The molecule has 1 aliphatic heterocycles. The number of benzene rings is 1. The van der Waals surface area contributed by atoms with Crippen molar-refractivity contribution in [3.05, 3.63) is 78.8 Å². The normalized spacial score (nSPS) is 16.5. The summed E-state index contributed by atoms with van der Waals surface area (Å²) in [6.45, 7) is 0. The zero-order valence-corrected chi connectivity index (χ0v) is 12.3. The fourth-order valence-corrected chi connectivity index (χ4v) is 2.53. The Morgan fingerprint density at radius 1 is 1.04 bits per heavy atom. The van der Waals surface area contributed by atoms with Crippen molar-refractivity contribution in [2.24, 2.45) is 0 Å². The second-order valence-corrected chi connectivity index (χ2v) is 5.23. The molecule has 5 nitrogen and oxygen atoms in total. The number of fused-ring (bicyclic) bond motifs is 1. The summed E-state index contributed by atoms with van der Waals surface area (Å²) in [5.41, 5.74) is 2.91. The Morgan fingerprint density at radius 3 is 2.87 bits per heavy atom. The molecule has 1 unspecified atom stereocenters. The number of anilines is 1. The van der Waals surface area contributed by atoms with Crippen molar-refractivity contribution < 1.29 is 9.47 Å². The van der Waals surface area contributed by atoms with Crippen LogP contribution >= 0.6 is 0 Å². The lowest BCUT2D eigenvalue weighted by Gasteiger charge is -2.13. The Morgan fingerprint density at radius 2 is 1.96 bits per heavy atom.